The van der Waals surface area contributed by atoms with Gasteiger partial charge >= 0.3 is 0 Å². The van der Waals surface area contributed by atoms with Crippen LogP contribution >= 0.6 is 0 Å². The molecule has 19 heavy (non-hydrogen) atoms. The molecular formula is C15H23NO3. The van der Waals surface area contributed by atoms with Crippen LogP contribution in [0.5, 0.6) is 5.75 Å². The molecule has 1 aromatic carbocycles. The van der Waals surface area contributed by atoms with E-state index in [1.165, 1.54) is 6.92 Å². The summed E-state index contributed by atoms with van der Waals surface area (Å²) in [5, 5.41) is 10.3. The van der Waals surface area contributed by atoms with Gasteiger partial charge in [-0.05, 0) is 37.5 Å². The highest BCUT2D eigenvalue weighted by Gasteiger charge is 2.14. The molecule has 4 nitrogen and oxygen atoms in total. The highest BCUT2D eigenvalue weighted by Crippen LogP contribution is 2.15. The number of carbonyl (C=O) groups is 1. The van der Waals surface area contributed by atoms with Crippen molar-refractivity contribution in [2.45, 2.75) is 46.1 Å². The fourth-order valence-corrected chi connectivity index (χ4v) is 1.79. The Morgan fingerprint density at radius 3 is 2.53 bits per heavy atom. The first-order chi connectivity index (χ1) is 9.04. The van der Waals surface area contributed by atoms with E-state index in [0.29, 0.717) is 6.42 Å². The highest BCUT2D eigenvalue weighted by atomic mass is 16.5. The number of carbonyl (C=O) groups excluding carboxylic acids is 1. The lowest BCUT2D eigenvalue weighted by Crippen LogP contribution is -2.35. The molecule has 0 fully saturated rings. The largest absolute Gasteiger partial charge is 0.494 e. The summed E-state index contributed by atoms with van der Waals surface area (Å²) in [6.07, 6.45) is 2.79. The molecule has 1 rings (SSSR count). The molecule has 0 saturated heterocycles. The zero-order chi connectivity index (χ0) is 14.3. The Bertz CT molecular complexity index is 389. The number of hydrogen-bond acceptors (Lipinski definition) is 3. The van der Waals surface area contributed by atoms with Gasteiger partial charge in [-0.15, -0.1) is 0 Å². The molecule has 4 heteroatoms. The molecule has 1 N–H and O–H groups in total. The summed E-state index contributed by atoms with van der Waals surface area (Å²) >= 11 is 0. The molecule has 0 spiro atoms. The van der Waals surface area contributed by atoms with Crippen molar-refractivity contribution in [3.05, 3.63) is 29.8 Å². The van der Waals surface area contributed by atoms with E-state index >= 15 is 0 Å². The predicted octanol–water partition coefficient (Wildman–Crippen LogP) is 3.03. The third kappa shape index (κ3) is 5.30. The molecule has 1 amide bonds. The maximum absolute atomic E-state index is 11.0. The van der Waals surface area contributed by atoms with Crippen molar-refractivity contribution in [3.8, 4) is 5.75 Å². The van der Waals surface area contributed by atoms with E-state index in [9.17, 15) is 10.0 Å². The number of rotatable bonds is 7. The molecule has 1 atom stereocenters. The van der Waals surface area contributed by atoms with Crippen LogP contribution < -0.4 is 4.74 Å². The van der Waals surface area contributed by atoms with Crippen LogP contribution in [-0.2, 0) is 11.2 Å². The van der Waals surface area contributed by atoms with Crippen molar-refractivity contribution in [1.82, 2.24) is 5.06 Å². The van der Waals surface area contributed by atoms with Crippen LogP contribution in [0.2, 0.25) is 0 Å². The molecule has 106 valence electrons. The minimum atomic E-state index is -0.341. The first-order valence-corrected chi connectivity index (χ1v) is 6.75. The number of ether oxygens (including phenoxy) is 1. The minimum Gasteiger partial charge on any atom is -0.494 e. The highest BCUT2D eigenvalue weighted by molar-refractivity contribution is 5.72. The lowest BCUT2D eigenvalue weighted by Gasteiger charge is -2.21. The van der Waals surface area contributed by atoms with Gasteiger partial charge in [0, 0.05) is 6.92 Å². The van der Waals surface area contributed by atoms with Gasteiger partial charge in [-0.25, -0.2) is 5.06 Å². The Hall–Kier alpha value is -1.55. The number of benzene rings is 1. The summed E-state index contributed by atoms with van der Waals surface area (Å²) in [4.78, 5) is 11.0. The Balaban J connectivity index is 2.49. The van der Waals surface area contributed by atoms with Gasteiger partial charge in [0.25, 0.3) is 0 Å². The van der Waals surface area contributed by atoms with Crippen molar-refractivity contribution in [2.24, 2.45) is 0 Å². The molecule has 0 radical (unpaired) electrons. The Morgan fingerprint density at radius 1 is 1.37 bits per heavy atom. The monoisotopic (exact) mass is 265 g/mol. The Morgan fingerprint density at radius 2 is 2.00 bits per heavy atom. The molecule has 1 aromatic rings. The zero-order valence-corrected chi connectivity index (χ0v) is 11.9. The molecule has 0 bridgehead atoms. The first kappa shape index (κ1) is 15.5. The molecule has 0 unspecified atom stereocenters. The number of hydrogen-bond donors (Lipinski definition) is 1. The lowest BCUT2D eigenvalue weighted by molar-refractivity contribution is -0.171. The van der Waals surface area contributed by atoms with Crippen LogP contribution in [0.3, 0.4) is 0 Å². The summed E-state index contributed by atoms with van der Waals surface area (Å²) in [6, 6.07) is 7.54. The van der Waals surface area contributed by atoms with E-state index in [2.05, 4.69) is 6.92 Å². The van der Waals surface area contributed by atoms with Crippen LogP contribution in [0.4, 0.5) is 0 Å². The Labute approximate surface area is 114 Å². The standard InChI is InChI=1S/C15H23NO3/c1-4-5-10-19-15-8-6-14(7-9-15)11-12(2)16(18)13(3)17/h6-9,12,18H,4-5,10-11H2,1-3H3/t12-/m1/s1. The molecule has 0 saturated carbocycles. The summed E-state index contributed by atoms with van der Waals surface area (Å²) < 4.78 is 5.58. The minimum absolute atomic E-state index is 0.232. The normalized spacial score (nSPS) is 12.0. The fourth-order valence-electron chi connectivity index (χ4n) is 1.79. The number of unbranched alkanes of at least 4 members (excludes halogenated alkanes) is 1. The van der Waals surface area contributed by atoms with Gasteiger partial charge in [0.05, 0.1) is 12.6 Å². The second-order valence-electron chi connectivity index (χ2n) is 4.76. The van der Waals surface area contributed by atoms with Gasteiger partial charge in [-0.3, -0.25) is 10.0 Å². The summed E-state index contributed by atoms with van der Waals surface area (Å²) in [7, 11) is 0. The molecular weight excluding hydrogens is 242 g/mol. The lowest BCUT2D eigenvalue weighted by atomic mass is 10.1. The van der Waals surface area contributed by atoms with Crippen LogP contribution in [0.15, 0.2) is 24.3 Å². The van der Waals surface area contributed by atoms with E-state index in [-0.39, 0.29) is 11.9 Å². The van der Waals surface area contributed by atoms with E-state index in [1.54, 1.807) is 0 Å². The second kappa shape index (κ2) is 7.79. The van der Waals surface area contributed by atoms with Crippen LogP contribution in [0.1, 0.15) is 39.2 Å². The van der Waals surface area contributed by atoms with Crippen molar-refractivity contribution >= 4 is 5.91 Å². The van der Waals surface area contributed by atoms with Crippen LogP contribution in [0, 0.1) is 0 Å². The van der Waals surface area contributed by atoms with Crippen LogP contribution in [0.25, 0.3) is 0 Å². The molecule has 0 aromatic heterocycles. The fraction of sp³-hybridized carbons (Fsp3) is 0.533. The van der Waals surface area contributed by atoms with Crippen molar-refractivity contribution in [2.75, 3.05) is 6.61 Å². The van der Waals surface area contributed by atoms with Gasteiger partial charge < -0.3 is 4.74 Å². The second-order valence-corrected chi connectivity index (χ2v) is 4.76. The number of hydroxylamine groups is 2. The van der Waals surface area contributed by atoms with Gasteiger partial charge in [0.1, 0.15) is 5.75 Å². The topological polar surface area (TPSA) is 49.8 Å². The van der Waals surface area contributed by atoms with Crippen molar-refractivity contribution in [3.63, 3.8) is 0 Å². The average molecular weight is 265 g/mol. The van der Waals surface area contributed by atoms with Crippen molar-refractivity contribution in [1.29, 1.82) is 0 Å². The predicted molar refractivity (Wildman–Crippen MR) is 74.3 cm³/mol. The molecule has 0 aliphatic carbocycles. The van der Waals surface area contributed by atoms with Crippen molar-refractivity contribution < 1.29 is 14.7 Å². The molecule has 0 aliphatic rings. The SMILES string of the molecule is CCCCOc1ccc(C[C@@H](C)N(O)C(C)=O)cc1. The zero-order valence-electron chi connectivity index (χ0n) is 11.9. The number of amides is 1. The van der Waals surface area contributed by atoms with Gasteiger partial charge in [0.15, 0.2) is 0 Å². The summed E-state index contributed by atoms with van der Waals surface area (Å²) in [5.41, 5.74) is 1.07. The first-order valence-electron chi connectivity index (χ1n) is 6.75. The maximum Gasteiger partial charge on any atom is 0.243 e. The summed E-state index contributed by atoms with van der Waals surface area (Å²) in [5.74, 6) is 0.518. The number of nitrogens with zero attached hydrogens (tertiary/aromatic N) is 1. The molecule has 0 heterocycles. The third-order valence-electron chi connectivity index (χ3n) is 2.96. The van der Waals surface area contributed by atoms with E-state index in [1.807, 2.05) is 31.2 Å². The van der Waals surface area contributed by atoms with Gasteiger partial charge in [0.2, 0.25) is 5.91 Å². The summed E-state index contributed by atoms with van der Waals surface area (Å²) in [6.45, 7) is 6.03. The molecule has 0 aliphatic heterocycles. The average Bonchev–Trinajstić information content (AvgIpc) is 2.40. The third-order valence-corrected chi connectivity index (χ3v) is 2.96. The van der Waals surface area contributed by atoms with Gasteiger partial charge in [-0.1, -0.05) is 25.5 Å². The smallest absolute Gasteiger partial charge is 0.243 e. The van der Waals surface area contributed by atoms with E-state index in [4.69, 9.17) is 4.74 Å². The van der Waals surface area contributed by atoms with Crippen LogP contribution in [-0.4, -0.2) is 28.8 Å². The van der Waals surface area contributed by atoms with Gasteiger partial charge in [-0.2, -0.15) is 0 Å². The van der Waals surface area contributed by atoms with E-state index < -0.39 is 0 Å². The Kier molecular flexibility index (Phi) is 6.36. The quantitative estimate of drug-likeness (QED) is 0.468. The van der Waals surface area contributed by atoms with E-state index in [0.717, 1.165) is 35.8 Å². The maximum atomic E-state index is 11.0.